The lowest BCUT2D eigenvalue weighted by molar-refractivity contribution is -0.193. The molecule has 0 radical (unpaired) electrons. The maximum absolute atomic E-state index is 10.6. The Hall–Kier alpha value is -3.94. The van der Waals surface area contributed by atoms with Crippen molar-refractivity contribution in [2.75, 3.05) is 26.2 Å². The Kier molecular flexibility index (Phi) is 15.7. The van der Waals surface area contributed by atoms with Crippen LogP contribution >= 0.6 is 0 Å². The van der Waals surface area contributed by atoms with Crippen molar-refractivity contribution in [1.29, 1.82) is 0 Å². The Balaban J connectivity index is 0.000000486. The van der Waals surface area contributed by atoms with Gasteiger partial charge in [0.25, 0.3) is 0 Å². The van der Waals surface area contributed by atoms with E-state index in [1.807, 2.05) is 18.5 Å². The number of carbonyl (C=O) groups is 3. The normalized spacial score (nSPS) is 16.3. The summed E-state index contributed by atoms with van der Waals surface area (Å²) in [5, 5.41) is 21.4. The fourth-order valence-electron chi connectivity index (χ4n) is 5.56. The van der Waals surface area contributed by atoms with Crippen LogP contribution in [0.15, 0.2) is 24.5 Å². The minimum absolute atomic E-state index is 0.189. The second kappa shape index (κ2) is 17.8. The van der Waals surface area contributed by atoms with Crippen molar-refractivity contribution in [2.45, 2.75) is 90.5 Å². The molecular formula is C30H40F9N5O6. The van der Waals surface area contributed by atoms with E-state index in [2.05, 4.69) is 60.0 Å². The largest absolute Gasteiger partial charge is 0.490 e. The molecule has 50 heavy (non-hydrogen) atoms. The van der Waals surface area contributed by atoms with Gasteiger partial charge < -0.3 is 24.8 Å². The molecule has 1 saturated heterocycles. The van der Waals surface area contributed by atoms with Crippen LogP contribution in [0.1, 0.15) is 69.4 Å². The highest BCUT2D eigenvalue weighted by Gasteiger charge is 2.45. The Morgan fingerprint density at radius 2 is 1.30 bits per heavy atom. The maximum atomic E-state index is 10.6. The highest BCUT2D eigenvalue weighted by atomic mass is 19.4. The first kappa shape index (κ1) is 44.1. The molecule has 4 heterocycles. The Morgan fingerprint density at radius 1 is 0.840 bits per heavy atom. The number of hydrogen-bond donors (Lipinski definition) is 3. The lowest BCUT2D eigenvalue weighted by Crippen LogP contribution is -2.52. The number of aromatic nitrogens is 3. The van der Waals surface area contributed by atoms with Gasteiger partial charge in [-0.05, 0) is 64.3 Å². The van der Waals surface area contributed by atoms with Crippen LogP contribution in [0, 0.1) is 12.8 Å². The number of fused-ring (bicyclic) bond motifs is 2. The van der Waals surface area contributed by atoms with Crippen molar-refractivity contribution in [3.63, 3.8) is 0 Å². The Morgan fingerprint density at radius 3 is 1.66 bits per heavy atom. The molecule has 0 bridgehead atoms. The lowest BCUT2D eigenvalue weighted by Gasteiger charge is -2.47. The molecule has 2 aliphatic rings. The third kappa shape index (κ3) is 13.8. The van der Waals surface area contributed by atoms with Gasteiger partial charge in [0.15, 0.2) is 0 Å². The van der Waals surface area contributed by atoms with Crippen LogP contribution in [0.4, 0.5) is 39.5 Å². The number of halogens is 9. The first-order valence-electron chi connectivity index (χ1n) is 15.0. The summed E-state index contributed by atoms with van der Waals surface area (Å²) in [5.41, 5.74) is 4.34. The summed E-state index contributed by atoms with van der Waals surface area (Å²) in [6.07, 6.45) is -8.95. The van der Waals surface area contributed by atoms with E-state index in [1.165, 1.54) is 55.3 Å². The zero-order valence-electron chi connectivity index (χ0n) is 27.8. The Labute approximate surface area is 281 Å². The van der Waals surface area contributed by atoms with Gasteiger partial charge in [0.2, 0.25) is 0 Å². The molecular weight excluding hydrogens is 697 g/mol. The molecule has 4 rings (SSSR count). The molecule has 0 aromatic carbocycles. The van der Waals surface area contributed by atoms with Gasteiger partial charge in [-0.15, -0.1) is 0 Å². The predicted molar refractivity (Wildman–Crippen MR) is 159 cm³/mol. The summed E-state index contributed by atoms with van der Waals surface area (Å²) < 4.78 is 97.7. The second-order valence-electron chi connectivity index (χ2n) is 12.3. The van der Waals surface area contributed by atoms with Crippen LogP contribution in [0.5, 0.6) is 0 Å². The van der Waals surface area contributed by atoms with Crippen LogP contribution in [0.3, 0.4) is 0 Å². The van der Waals surface area contributed by atoms with Crippen LogP contribution in [-0.2, 0) is 32.9 Å². The van der Waals surface area contributed by atoms with E-state index in [0.29, 0.717) is 6.04 Å². The first-order valence-corrected chi connectivity index (χ1v) is 15.0. The van der Waals surface area contributed by atoms with Crippen molar-refractivity contribution < 1.29 is 69.2 Å². The summed E-state index contributed by atoms with van der Waals surface area (Å²) in [5.74, 6) is -6.36. The molecule has 2 aliphatic heterocycles. The fourth-order valence-corrected chi connectivity index (χ4v) is 5.56. The standard InChI is InChI=1S/C24H37N5.3C2HF3O2/c1-18(2)14-27-11-8-24(9-12-27)17-28(15-21-7-6-10-25-13-21)16-22-23(24)26-20(5)29(22)19(3)4;3*3-2(4,5)1(6)7/h6-7,10,13,18-19H,8-9,11-12,14-17H2,1-5H3;3*(H,6,7). The summed E-state index contributed by atoms with van der Waals surface area (Å²) >= 11 is 0. The third-order valence-electron chi connectivity index (χ3n) is 7.40. The Bertz CT molecular complexity index is 1350. The quantitative estimate of drug-likeness (QED) is 0.309. The molecule has 284 valence electrons. The van der Waals surface area contributed by atoms with E-state index in [1.54, 1.807) is 0 Å². The molecule has 2 aromatic rings. The highest BCUT2D eigenvalue weighted by Crippen LogP contribution is 2.43. The van der Waals surface area contributed by atoms with E-state index in [4.69, 9.17) is 34.7 Å². The molecule has 0 amide bonds. The SMILES string of the molecule is Cc1nc2c(n1C(C)C)CN(Cc1cccnc1)CC21CCN(CC(C)C)CC1.O=C(O)C(F)(F)F.O=C(O)C(F)(F)F.O=C(O)C(F)(F)F. The van der Waals surface area contributed by atoms with Gasteiger partial charge in [0.05, 0.1) is 11.4 Å². The number of aryl methyl sites for hydroxylation is 1. The number of rotatable bonds is 5. The molecule has 0 atom stereocenters. The van der Waals surface area contributed by atoms with Crippen LogP contribution in [0.25, 0.3) is 0 Å². The van der Waals surface area contributed by atoms with Gasteiger partial charge in [-0.2, -0.15) is 39.5 Å². The molecule has 2 aromatic heterocycles. The lowest BCUT2D eigenvalue weighted by atomic mass is 9.72. The average molecular weight is 738 g/mol. The van der Waals surface area contributed by atoms with Crippen molar-refractivity contribution in [3.8, 4) is 0 Å². The van der Waals surface area contributed by atoms with Gasteiger partial charge in [-0.25, -0.2) is 19.4 Å². The molecule has 0 unspecified atom stereocenters. The number of carboxylic acids is 3. The average Bonchev–Trinajstić information content (AvgIpc) is 3.31. The van der Waals surface area contributed by atoms with E-state index >= 15 is 0 Å². The van der Waals surface area contributed by atoms with Gasteiger partial charge in [0, 0.05) is 50.0 Å². The van der Waals surface area contributed by atoms with E-state index < -0.39 is 36.4 Å². The maximum Gasteiger partial charge on any atom is 0.490 e. The van der Waals surface area contributed by atoms with Gasteiger partial charge in [-0.3, -0.25) is 9.88 Å². The number of piperidine rings is 1. The monoisotopic (exact) mass is 737 g/mol. The van der Waals surface area contributed by atoms with E-state index in [0.717, 1.165) is 25.6 Å². The minimum atomic E-state index is -5.08. The number of hydrogen-bond acceptors (Lipinski definition) is 7. The molecule has 11 nitrogen and oxygen atoms in total. The topological polar surface area (TPSA) is 149 Å². The highest BCUT2D eigenvalue weighted by molar-refractivity contribution is 5.73. The predicted octanol–water partition coefficient (Wildman–Crippen LogP) is 6.07. The number of nitrogens with zero attached hydrogens (tertiary/aromatic N) is 5. The van der Waals surface area contributed by atoms with Gasteiger partial charge in [-0.1, -0.05) is 19.9 Å². The van der Waals surface area contributed by atoms with Crippen molar-refractivity contribution in [1.82, 2.24) is 24.3 Å². The fraction of sp³-hybridized carbons (Fsp3) is 0.633. The number of aliphatic carboxylic acids is 3. The minimum Gasteiger partial charge on any atom is -0.475 e. The summed E-state index contributed by atoms with van der Waals surface area (Å²) in [4.78, 5) is 41.5. The van der Waals surface area contributed by atoms with E-state index in [9.17, 15) is 39.5 Å². The summed E-state index contributed by atoms with van der Waals surface area (Å²) in [7, 11) is 0. The smallest absolute Gasteiger partial charge is 0.475 e. The number of carboxylic acid groups (broad SMARTS) is 3. The van der Waals surface area contributed by atoms with Crippen LogP contribution in [-0.4, -0.2) is 102 Å². The van der Waals surface area contributed by atoms with Gasteiger partial charge >= 0.3 is 36.4 Å². The number of likely N-dealkylation sites (tertiary alicyclic amines) is 1. The van der Waals surface area contributed by atoms with Crippen LogP contribution < -0.4 is 0 Å². The molecule has 1 fully saturated rings. The summed E-state index contributed by atoms with van der Waals surface area (Å²) in [6.45, 7) is 18.1. The molecule has 3 N–H and O–H groups in total. The van der Waals surface area contributed by atoms with Crippen molar-refractivity contribution in [3.05, 3.63) is 47.3 Å². The molecule has 20 heteroatoms. The zero-order valence-corrected chi connectivity index (χ0v) is 27.8. The third-order valence-corrected chi connectivity index (χ3v) is 7.40. The number of imidazole rings is 1. The molecule has 0 aliphatic carbocycles. The van der Waals surface area contributed by atoms with E-state index in [-0.39, 0.29) is 5.41 Å². The first-order chi connectivity index (χ1) is 22.7. The van der Waals surface area contributed by atoms with Crippen molar-refractivity contribution >= 4 is 17.9 Å². The second-order valence-corrected chi connectivity index (χ2v) is 12.3. The number of alkyl halides is 9. The molecule has 1 spiro atoms. The van der Waals surface area contributed by atoms with Gasteiger partial charge in [0.1, 0.15) is 5.82 Å². The van der Waals surface area contributed by atoms with Crippen LogP contribution in [0.2, 0.25) is 0 Å². The van der Waals surface area contributed by atoms with Crippen molar-refractivity contribution in [2.24, 2.45) is 5.92 Å². The summed E-state index contributed by atoms with van der Waals surface area (Å²) in [6, 6.07) is 4.70. The zero-order chi connectivity index (χ0) is 38.8. The number of pyridine rings is 1. The molecule has 0 saturated carbocycles.